The van der Waals surface area contributed by atoms with Gasteiger partial charge in [0, 0.05) is 40.9 Å². The molecular formula is C29H32Cl2N2O2S. The standard InChI is InChI=1S/C29H32Cl2N2O2S/c1-3-16-32-29(35)27(17-22-8-5-4-6-9-22)33(18-24-25(30)10-7-11-26(24)31)28(34)20-36-19-23-14-12-21(2)13-15-23/h4-15,27H,3,16-20H2,1-2H3,(H,32,35)/t27-/m0/s1. The SMILES string of the molecule is CCCNC(=O)[C@H](Cc1ccccc1)N(Cc1c(Cl)cccc1Cl)C(=O)CSCc1ccc(C)cc1. The highest BCUT2D eigenvalue weighted by atomic mass is 35.5. The summed E-state index contributed by atoms with van der Waals surface area (Å²) in [5, 5.41) is 3.93. The summed E-state index contributed by atoms with van der Waals surface area (Å²) in [7, 11) is 0. The minimum absolute atomic E-state index is 0.129. The van der Waals surface area contributed by atoms with E-state index >= 15 is 0 Å². The van der Waals surface area contributed by atoms with Crippen molar-refractivity contribution in [3.63, 3.8) is 0 Å². The zero-order chi connectivity index (χ0) is 25.9. The highest BCUT2D eigenvalue weighted by Crippen LogP contribution is 2.28. The van der Waals surface area contributed by atoms with E-state index in [4.69, 9.17) is 23.2 Å². The third kappa shape index (κ3) is 8.29. The molecule has 0 fully saturated rings. The van der Waals surface area contributed by atoms with Crippen molar-refractivity contribution in [2.75, 3.05) is 12.3 Å². The van der Waals surface area contributed by atoms with E-state index in [0.717, 1.165) is 17.5 Å². The van der Waals surface area contributed by atoms with Crippen LogP contribution in [0.3, 0.4) is 0 Å². The van der Waals surface area contributed by atoms with Crippen molar-refractivity contribution in [3.8, 4) is 0 Å². The minimum Gasteiger partial charge on any atom is -0.354 e. The second-order valence-corrected chi connectivity index (χ2v) is 10.5. The van der Waals surface area contributed by atoms with E-state index in [1.165, 1.54) is 17.3 Å². The molecule has 0 aliphatic heterocycles. The Hall–Kier alpha value is -2.47. The average molecular weight is 544 g/mol. The fraction of sp³-hybridized carbons (Fsp3) is 0.310. The molecule has 0 spiro atoms. The van der Waals surface area contributed by atoms with Crippen LogP contribution in [-0.4, -0.2) is 35.1 Å². The summed E-state index contributed by atoms with van der Waals surface area (Å²) in [6, 6.07) is 22.6. The van der Waals surface area contributed by atoms with Gasteiger partial charge in [-0.2, -0.15) is 0 Å². The molecule has 2 amide bonds. The van der Waals surface area contributed by atoms with Gasteiger partial charge in [-0.05, 0) is 36.6 Å². The van der Waals surface area contributed by atoms with Crippen molar-refractivity contribution in [1.82, 2.24) is 10.2 Å². The van der Waals surface area contributed by atoms with E-state index in [-0.39, 0.29) is 24.1 Å². The molecule has 36 heavy (non-hydrogen) atoms. The fourth-order valence-electron chi connectivity index (χ4n) is 3.80. The lowest BCUT2D eigenvalue weighted by atomic mass is 10.0. The number of thioether (sulfide) groups is 1. The first-order valence-corrected chi connectivity index (χ1v) is 14.0. The summed E-state index contributed by atoms with van der Waals surface area (Å²) in [5.41, 5.74) is 3.97. The topological polar surface area (TPSA) is 49.4 Å². The Bertz CT molecular complexity index is 1120. The van der Waals surface area contributed by atoms with Gasteiger partial charge in [-0.1, -0.05) is 96.4 Å². The number of carbonyl (C=O) groups is 2. The van der Waals surface area contributed by atoms with Gasteiger partial charge in [-0.25, -0.2) is 0 Å². The van der Waals surface area contributed by atoms with Crippen molar-refractivity contribution in [2.45, 2.75) is 45.0 Å². The van der Waals surface area contributed by atoms with Crippen molar-refractivity contribution < 1.29 is 9.59 Å². The third-order valence-corrected chi connectivity index (χ3v) is 7.52. The number of rotatable bonds is 12. The molecule has 0 heterocycles. The zero-order valence-corrected chi connectivity index (χ0v) is 23.0. The third-order valence-electron chi connectivity index (χ3n) is 5.83. The van der Waals surface area contributed by atoms with Gasteiger partial charge in [-0.3, -0.25) is 9.59 Å². The lowest BCUT2D eigenvalue weighted by Crippen LogP contribution is -2.51. The van der Waals surface area contributed by atoms with E-state index < -0.39 is 6.04 Å². The van der Waals surface area contributed by atoms with Crippen LogP contribution in [0, 0.1) is 6.92 Å². The Morgan fingerprint density at radius 2 is 1.58 bits per heavy atom. The number of carbonyl (C=O) groups excluding carboxylic acids is 2. The highest BCUT2D eigenvalue weighted by Gasteiger charge is 2.31. The van der Waals surface area contributed by atoms with Gasteiger partial charge in [0.15, 0.2) is 0 Å². The first-order valence-electron chi connectivity index (χ1n) is 12.1. The molecule has 3 rings (SSSR count). The molecule has 0 saturated carbocycles. The maximum atomic E-state index is 13.7. The molecule has 0 aromatic heterocycles. The highest BCUT2D eigenvalue weighted by molar-refractivity contribution is 7.99. The molecule has 3 aromatic rings. The van der Waals surface area contributed by atoms with Crippen LogP contribution in [0.4, 0.5) is 0 Å². The first-order chi connectivity index (χ1) is 17.4. The molecule has 0 bridgehead atoms. The number of hydrogen-bond acceptors (Lipinski definition) is 3. The predicted octanol–water partition coefficient (Wildman–Crippen LogP) is 6.70. The molecule has 1 N–H and O–H groups in total. The molecule has 3 aromatic carbocycles. The number of nitrogens with one attached hydrogen (secondary N) is 1. The lowest BCUT2D eigenvalue weighted by Gasteiger charge is -2.32. The zero-order valence-electron chi connectivity index (χ0n) is 20.7. The quantitative estimate of drug-likeness (QED) is 0.277. The number of benzene rings is 3. The van der Waals surface area contributed by atoms with Gasteiger partial charge in [0.05, 0.1) is 5.75 Å². The van der Waals surface area contributed by atoms with E-state index in [1.807, 2.05) is 37.3 Å². The Kier molecular flexibility index (Phi) is 11.2. The number of nitrogens with zero attached hydrogens (tertiary/aromatic N) is 1. The Morgan fingerprint density at radius 1 is 0.917 bits per heavy atom. The molecule has 7 heteroatoms. The first kappa shape index (κ1) is 28.1. The Balaban J connectivity index is 1.87. The monoisotopic (exact) mass is 542 g/mol. The average Bonchev–Trinajstić information content (AvgIpc) is 2.88. The maximum Gasteiger partial charge on any atom is 0.243 e. The maximum absolute atomic E-state index is 13.7. The van der Waals surface area contributed by atoms with Gasteiger partial charge in [0.25, 0.3) is 0 Å². The van der Waals surface area contributed by atoms with Crippen LogP contribution in [-0.2, 0) is 28.3 Å². The molecule has 0 aliphatic carbocycles. The second kappa shape index (κ2) is 14.3. The lowest BCUT2D eigenvalue weighted by molar-refractivity contribution is -0.139. The van der Waals surface area contributed by atoms with Crippen LogP contribution in [0.1, 0.15) is 35.6 Å². The number of hydrogen-bond donors (Lipinski definition) is 1. The van der Waals surface area contributed by atoms with Crippen LogP contribution < -0.4 is 5.32 Å². The number of amides is 2. The molecule has 0 radical (unpaired) electrons. The van der Waals surface area contributed by atoms with Crippen LogP contribution >= 0.6 is 35.0 Å². The molecular weight excluding hydrogens is 511 g/mol. The normalized spacial score (nSPS) is 11.7. The summed E-state index contributed by atoms with van der Waals surface area (Å²) in [5.74, 6) is 0.636. The molecule has 190 valence electrons. The van der Waals surface area contributed by atoms with E-state index in [1.54, 1.807) is 23.1 Å². The van der Waals surface area contributed by atoms with Gasteiger partial charge < -0.3 is 10.2 Å². The smallest absolute Gasteiger partial charge is 0.243 e. The Labute approximate surface area is 228 Å². The second-order valence-electron chi connectivity index (χ2n) is 8.70. The van der Waals surface area contributed by atoms with Crippen LogP contribution in [0.25, 0.3) is 0 Å². The summed E-state index contributed by atoms with van der Waals surface area (Å²) in [6.07, 6.45) is 1.20. The van der Waals surface area contributed by atoms with Crippen LogP contribution in [0.2, 0.25) is 10.0 Å². The Morgan fingerprint density at radius 3 is 2.22 bits per heavy atom. The van der Waals surface area contributed by atoms with Gasteiger partial charge in [0.2, 0.25) is 11.8 Å². The fourth-order valence-corrected chi connectivity index (χ4v) is 5.18. The number of halogens is 2. The minimum atomic E-state index is -0.696. The molecule has 0 saturated heterocycles. The van der Waals surface area contributed by atoms with E-state index in [9.17, 15) is 9.59 Å². The van der Waals surface area contributed by atoms with Gasteiger partial charge >= 0.3 is 0 Å². The van der Waals surface area contributed by atoms with Crippen LogP contribution in [0.5, 0.6) is 0 Å². The summed E-state index contributed by atoms with van der Waals surface area (Å²) in [4.78, 5) is 28.7. The number of aryl methyl sites for hydroxylation is 1. The van der Waals surface area contributed by atoms with Crippen molar-refractivity contribution in [2.24, 2.45) is 0 Å². The predicted molar refractivity (Wildman–Crippen MR) is 152 cm³/mol. The molecule has 1 atom stereocenters. The van der Waals surface area contributed by atoms with Crippen molar-refractivity contribution >= 4 is 46.8 Å². The summed E-state index contributed by atoms with van der Waals surface area (Å²) >= 11 is 14.5. The molecule has 4 nitrogen and oxygen atoms in total. The van der Waals surface area contributed by atoms with E-state index in [2.05, 4.69) is 36.5 Å². The van der Waals surface area contributed by atoms with Crippen molar-refractivity contribution in [3.05, 3.63) is 105 Å². The van der Waals surface area contributed by atoms with Crippen LogP contribution in [0.15, 0.2) is 72.8 Å². The summed E-state index contributed by atoms with van der Waals surface area (Å²) < 4.78 is 0. The molecule has 0 aliphatic rings. The van der Waals surface area contributed by atoms with Crippen molar-refractivity contribution in [1.29, 1.82) is 0 Å². The largest absolute Gasteiger partial charge is 0.354 e. The summed E-state index contributed by atoms with van der Waals surface area (Å²) in [6.45, 7) is 4.75. The van der Waals surface area contributed by atoms with Gasteiger partial charge in [0.1, 0.15) is 6.04 Å². The van der Waals surface area contributed by atoms with E-state index in [0.29, 0.717) is 34.3 Å². The van der Waals surface area contributed by atoms with Gasteiger partial charge in [-0.15, -0.1) is 11.8 Å². The molecule has 0 unspecified atom stereocenters.